The van der Waals surface area contributed by atoms with Gasteiger partial charge in [0.15, 0.2) is 17.2 Å². The fourth-order valence-electron chi connectivity index (χ4n) is 6.98. The molecule has 15 rings (SSSR count). The minimum absolute atomic E-state index is 0.0274. The highest BCUT2D eigenvalue weighted by atomic mass is 16.3. The normalized spacial score (nSPS) is 19.6. The van der Waals surface area contributed by atoms with Gasteiger partial charge in [-0.15, -0.1) is 0 Å². The van der Waals surface area contributed by atoms with Gasteiger partial charge in [0.1, 0.15) is 19.6 Å². The third-order valence-electron chi connectivity index (χ3n) is 10.5. The molecule has 6 amide bonds. The maximum Gasteiger partial charge on any atom is 0.294 e. The Hall–Kier alpha value is -7.01. The van der Waals surface area contributed by atoms with Crippen molar-refractivity contribution >= 4 is 35.4 Å². The van der Waals surface area contributed by atoms with Gasteiger partial charge in [0.25, 0.3) is 34.4 Å². The van der Waals surface area contributed by atoms with Crippen molar-refractivity contribution < 1.29 is 44.1 Å². The van der Waals surface area contributed by atoms with E-state index in [1.807, 2.05) is 0 Å². The summed E-state index contributed by atoms with van der Waals surface area (Å²) in [5.74, 6) is -6.79. The van der Waals surface area contributed by atoms with E-state index in [9.17, 15) is 58.5 Å². The van der Waals surface area contributed by atoms with Gasteiger partial charge in [-0.2, -0.15) is 0 Å². The Morgan fingerprint density at radius 2 is 0.613 bits per heavy atom. The van der Waals surface area contributed by atoms with E-state index in [0.717, 1.165) is 13.7 Å². The summed E-state index contributed by atoms with van der Waals surface area (Å²) in [5.41, 5.74) is -3.26. The Morgan fingerprint density at radius 1 is 0.387 bits per heavy atom. The average molecular weight is 866 g/mol. The quantitative estimate of drug-likeness (QED) is 0.104. The summed E-state index contributed by atoms with van der Waals surface area (Å²) in [7, 11) is 0. The molecule has 0 atom stereocenters. The van der Waals surface area contributed by atoms with Crippen molar-refractivity contribution in [2.75, 3.05) is 78.5 Å². The topological polar surface area (TPSA) is 308 Å². The van der Waals surface area contributed by atoms with Gasteiger partial charge in [0, 0.05) is 95.6 Å². The summed E-state index contributed by atoms with van der Waals surface area (Å²) >= 11 is 0. The molecule has 23 nitrogen and oxygen atoms in total. The van der Waals surface area contributed by atoms with Crippen LogP contribution in [0.5, 0.6) is 17.2 Å². The lowest BCUT2D eigenvalue weighted by atomic mass is 10.2. The van der Waals surface area contributed by atoms with E-state index >= 15 is 0 Å². The van der Waals surface area contributed by atoms with Gasteiger partial charge in [0.2, 0.25) is 17.7 Å². The highest BCUT2D eigenvalue weighted by Gasteiger charge is 2.23. The zero-order valence-electron chi connectivity index (χ0n) is 34.6. The van der Waals surface area contributed by atoms with Gasteiger partial charge in [-0.1, -0.05) is 0 Å². The molecule has 0 unspecified atom stereocenters. The van der Waals surface area contributed by atoms with Crippen LogP contribution in [-0.2, 0) is 34.0 Å². The van der Waals surface area contributed by atoms with Crippen LogP contribution in [-0.4, -0.2) is 153 Å². The van der Waals surface area contributed by atoms with E-state index in [1.54, 1.807) is 9.80 Å². The van der Waals surface area contributed by atoms with Crippen molar-refractivity contribution in [3.05, 3.63) is 83.0 Å². The number of carbonyl (C=O) groups excluding carboxylic acids is 6. The van der Waals surface area contributed by atoms with Crippen LogP contribution in [0.3, 0.4) is 0 Å². The summed E-state index contributed by atoms with van der Waals surface area (Å²) in [6.07, 6.45) is 0. The highest BCUT2D eigenvalue weighted by Crippen LogP contribution is 2.16. The van der Waals surface area contributed by atoms with Crippen molar-refractivity contribution in [1.82, 2.24) is 55.4 Å². The summed E-state index contributed by atoms with van der Waals surface area (Å²) in [4.78, 5) is 122. The SMILES string of the molecule is Cc1cc2c(O)c(=O)n1CC(=O)NCCN1CCNC(=O)Cn3c(C)cc(c(O)c3=O)C(=O)NCCN(CCNC2=O)CCNC(=O)c2cc(C)n(c(=O)c2O)CC(=O)NCC1. The molecule has 3 aromatic rings. The molecule has 15 heterocycles. The van der Waals surface area contributed by atoms with Crippen LogP contribution in [0, 0.1) is 20.8 Å². The monoisotopic (exact) mass is 865 g/mol. The first-order valence-corrected chi connectivity index (χ1v) is 19.9. The second-order valence-corrected chi connectivity index (χ2v) is 14.8. The van der Waals surface area contributed by atoms with Gasteiger partial charge in [0.05, 0.1) is 16.7 Å². The number of rotatable bonds is 0. The Balaban J connectivity index is 1.51. The molecule has 8 bridgehead atoms. The van der Waals surface area contributed by atoms with Gasteiger partial charge in [-0.25, -0.2) is 0 Å². The van der Waals surface area contributed by atoms with Crippen molar-refractivity contribution in [3.8, 4) is 17.2 Å². The molecule has 62 heavy (non-hydrogen) atoms. The number of amides is 6. The summed E-state index contributed by atoms with van der Waals surface area (Å²) in [6, 6.07) is 3.80. The molecule has 0 fully saturated rings. The predicted octanol–water partition coefficient (Wildman–Crippen LogP) is -4.22. The van der Waals surface area contributed by atoms with Crippen LogP contribution in [0.2, 0.25) is 0 Å². The Bertz CT molecular complexity index is 2180. The van der Waals surface area contributed by atoms with Crippen LogP contribution in [0.25, 0.3) is 0 Å². The minimum atomic E-state index is -0.969. The molecule has 0 aliphatic carbocycles. The predicted molar refractivity (Wildman–Crippen MR) is 220 cm³/mol. The average Bonchev–Trinajstić information content (AvgIpc) is 3.22. The van der Waals surface area contributed by atoms with Gasteiger partial charge in [-0.05, 0) is 39.0 Å². The fourth-order valence-corrected chi connectivity index (χ4v) is 6.98. The van der Waals surface area contributed by atoms with Crippen LogP contribution in [0.4, 0.5) is 0 Å². The highest BCUT2D eigenvalue weighted by molar-refractivity contribution is 5.98. The third-order valence-corrected chi connectivity index (χ3v) is 10.5. The summed E-state index contributed by atoms with van der Waals surface area (Å²) in [5, 5.41) is 48.3. The summed E-state index contributed by atoms with van der Waals surface area (Å²) in [6.45, 7) is 3.63. The number of hydrogen-bond acceptors (Lipinski definition) is 14. The Kier molecular flexibility index (Phi) is 15.2. The van der Waals surface area contributed by atoms with E-state index < -0.39 is 89.0 Å². The van der Waals surface area contributed by atoms with E-state index in [2.05, 4.69) is 31.9 Å². The van der Waals surface area contributed by atoms with Crippen molar-refractivity contribution in [2.45, 2.75) is 40.4 Å². The molecular weight excluding hydrogens is 814 g/mol. The van der Waals surface area contributed by atoms with E-state index in [0.29, 0.717) is 0 Å². The standard InChI is InChI=1S/C39H51N11O12/c1-22-16-25-31(54)37(60)48(22)19-28(51)40-4-10-46-11-5-41-29(52)20-49-23(2)17-26(32(55)38(49)61)35(58)44-8-14-47(13-7-43-34(25)57)15-9-45-36(59)27-18-24(3)50(39(62)33(27)56)21-30(53)42-6-12-46/h16-18,54-56H,4-15,19-21H2,1-3H3,(H,40,51)(H,41,52)(H,42,53)(H,43,57)(H,44,58)(H,45,59). The lowest BCUT2D eigenvalue weighted by Crippen LogP contribution is -2.45. The number of nitrogens with one attached hydrogen (secondary N) is 6. The first kappa shape index (κ1) is 46.1. The number of nitrogens with zero attached hydrogens (tertiary/aromatic N) is 5. The first-order chi connectivity index (χ1) is 29.5. The maximum atomic E-state index is 13.2. The fraction of sp³-hybridized carbons (Fsp3) is 0.462. The molecule has 3 aromatic heterocycles. The molecule has 23 heteroatoms. The largest absolute Gasteiger partial charge is 0.502 e. The first-order valence-electron chi connectivity index (χ1n) is 19.9. The Morgan fingerprint density at radius 3 is 0.855 bits per heavy atom. The van der Waals surface area contributed by atoms with Crippen molar-refractivity contribution in [3.63, 3.8) is 0 Å². The smallest absolute Gasteiger partial charge is 0.294 e. The van der Waals surface area contributed by atoms with Gasteiger partial charge < -0.3 is 60.9 Å². The minimum Gasteiger partial charge on any atom is -0.502 e. The van der Waals surface area contributed by atoms with Crippen molar-refractivity contribution in [1.29, 1.82) is 0 Å². The molecule has 0 spiro atoms. The molecule has 334 valence electrons. The third kappa shape index (κ3) is 11.2. The molecule has 9 N–H and O–H groups in total. The number of aryl methyl sites for hydroxylation is 3. The molecule has 0 saturated carbocycles. The molecule has 0 saturated heterocycles. The van der Waals surface area contributed by atoms with Crippen molar-refractivity contribution in [2.24, 2.45) is 0 Å². The van der Waals surface area contributed by atoms with E-state index in [1.165, 1.54) is 39.0 Å². The van der Waals surface area contributed by atoms with Gasteiger partial charge >= 0.3 is 0 Å². The Labute approximate surface area is 353 Å². The van der Waals surface area contributed by atoms with Crippen LogP contribution >= 0.6 is 0 Å². The number of aromatic nitrogens is 3. The molecule has 12 aliphatic heterocycles. The van der Waals surface area contributed by atoms with E-state index in [-0.39, 0.29) is 112 Å². The molecular formula is C39H51N11O12. The number of hydrogen-bond donors (Lipinski definition) is 9. The number of carbonyl (C=O) groups is 6. The molecule has 0 aromatic carbocycles. The number of aromatic hydroxyl groups is 3. The molecule has 12 aliphatic rings. The maximum absolute atomic E-state index is 13.2. The van der Waals surface area contributed by atoms with Crippen LogP contribution in [0.1, 0.15) is 48.2 Å². The second-order valence-electron chi connectivity index (χ2n) is 14.8. The lowest BCUT2D eigenvalue weighted by molar-refractivity contribution is -0.122. The zero-order valence-corrected chi connectivity index (χ0v) is 34.6. The zero-order chi connectivity index (χ0) is 45.2. The summed E-state index contributed by atoms with van der Waals surface area (Å²) < 4.78 is 3.04. The molecule has 0 radical (unpaired) electrons. The van der Waals surface area contributed by atoms with Crippen LogP contribution in [0.15, 0.2) is 32.6 Å². The lowest BCUT2D eigenvalue weighted by Gasteiger charge is -2.24. The number of pyridine rings is 3. The van der Waals surface area contributed by atoms with Gasteiger partial charge in [-0.3, -0.25) is 53.0 Å². The second kappa shape index (κ2) is 20.5. The van der Waals surface area contributed by atoms with E-state index in [4.69, 9.17) is 0 Å². The van der Waals surface area contributed by atoms with Crippen LogP contribution < -0.4 is 48.6 Å².